The summed E-state index contributed by atoms with van der Waals surface area (Å²) in [4.78, 5) is 16.4. The van der Waals surface area contributed by atoms with E-state index in [1.54, 1.807) is 30.3 Å². The summed E-state index contributed by atoms with van der Waals surface area (Å²) in [7, 11) is 2.99. The number of methoxy groups -OCH3 is 2. The molecule has 146 valence electrons. The van der Waals surface area contributed by atoms with Gasteiger partial charge in [-0.2, -0.15) is 0 Å². The average Bonchev–Trinajstić information content (AvgIpc) is 3.16. The molecule has 8 heteroatoms. The second kappa shape index (κ2) is 8.75. The van der Waals surface area contributed by atoms with Crippen molar-refractivity contribution >= 4 is 23.2 Å². The number of amides is 1. The van der Waals surface area contributed by atoms with E-state index in [-0.39, 0.29) is 18.7 Å². The van der Waals surface area contributed by atoms with Crippen LogP contribution >= 0.6 is 11.6 Å². The van der Waals surface area contributed by atoms with E-state index in [9.17, 15) is 9.18 Å². The normalized spacial score (nSPS) is 10.6. The molecular weight excluding hydrogens is 387 g/mol. The summed E-state index contributed by atoms with van der Waals surface area (Å²) < 4.78 is 29.7. The standard InChI is InChI=1S/C20H18ClFN2O4/c1-26-16-9-13(21)15(10-17(16)27-2)24-19(25)7-8-20-23-11-18(28-20)12-5-3-4-6-14(12)22/h3-6,9-11H,7-8H2,1-2H3,(H,24,25). The van der Waals surface area contributed by atoms with Crippen molar-refractivity contribution < 1.29 is 23.1 Å². The number of nitrogens with one attached hydrogen (secondary N) is 1. The van der Waals surface area contributed by atoms with Crippen molar-refractivity contribution in [3.05, 3.63) is 59.3 Å². The molecule has 2 aromatic carbocycles. The lowest BCUT2D eigenvalue weighted by molar-refractivity contribution is -0.116. The molecule has 0 aliphatic carbocycles. The van der Waals surface area contributed by atoms with Gasteiger partial charge in [-0.3, -0.25) is 4.79 Å². The van der Waals surface area contributed by atoms with Gasteiger partial charge in [0.15, 0.2) is 23.1 Å². The Morgan fingerprint density at radius 2 is 1.93 bits per heavy atom. The number of rotatable bonds is 7. The number of ether oxygens (including phenoxy) is 2. The number of aromatic nitrogens is 1. The van der Waals surface area contributed by atoms with E-state index in [1.165, 1.54) is 26.5 Å². The lowest BCUT2D eigenvalue weighted by atomic mass is 10.2. The number of benzene rings is 2. The van der Waals surface area contributed by atoms with Gasteiger partial charge in [-0.1, -0.05) is 23.7 Å². The fourth-order valence-electron chi connectivity index (χ4n) is 2.59. The molecule has 28 heavy (non-hydrogen) atoms. The first-order valence-electron chi connectivity index (χ1n) is 8.42. The molecule has 0 bridgehead atoms. The van der Waals surface area contributed by atoms with Gasteiger partial charge in [0, 0.05) is 25.0 Å². The molecule has 0 atom stereocenters. The summed E-state index contributed by atoms with van der Waals surface area (Å²) >= 11 is 6.17. The number of halogens is 2. The van der Waals surface area contributed by atoms with Crippen LogP contribution in [0, 0.1) is 5.82 Å². The van der Waals surface area contributed by atoms with Crippen LogP contribution in [-0.4, -0.2) is 25.1 Å². The molecule has 0 fully saturated rings. The van der Waals surface area contributed by atoms with Crippen molar-refractivity contribution in [2.45, 2.75) is 12.8 Å². The van der Waals surface area contributed by atoms with Crippen LogP contribution in [-0.2, 0) is 11.2 Å². The molecule has 1 aromatic heterocycles. The zero-order valence-electron chi connectivity index (χ0n) is 15.3. The zero-order chi connectivity index (χ0) is 20.1. The van der Waals surface area contributed by atoms with E-state index in [1.807, 2.05) is 0 Å². The summed E-state index contributed by atoms with van der Waals surface area (Å²) in [5.41, 5.74) is 0.728. The summed E-state index contributed by atoms with van der Waals surface area (Å²) in [5.74, 6) is 0.893. The molecule has 6 nitrogen and oxygen atoms in total. The van der Waals surface area contributed by atoms with Gasteiger partial charge in [0.05, 0.1) is 36.7 Å². The number of carbonyl (C=O) groups excluding carboxylic acids is 1. The molecule has 0 unspecified atom stereocenters. The minimum absolute atomic E-state index is 0.113. The van der Waals surface area contributed by atoms with Gasteiger partial charge >= 0.3 is 0 Å². The maximum absolute atomic E-state index is 13.8. The Hall–Kier alpha value is -3.06. The van der Waals surface area contributed by atoms with E-state index in [4.69, 9.17) is 25.5 Å². The molecule has 1 N–H and O–H groups in total. The Kier molecular flexibility index (Phi) is 6.16. The van der Waals surface area contributed by atoms with Crippen LogP contribution in [0.2, 0.25) is 5.02 Å². The Morgan fingerprint density at radius 1 is 1.21 bits per heavy atom. The van der Waals surface area contributed by atoms with Crippen LogP contribution in [0.3, 0.4) is 0 Å². The van der Waals surface area contributed by atoms with Gasteiger partial charge in [-0.15, -0.1) is 0 Å². The van der Waals surface area contributed by atoms with Crippen LogP contribution in [0.15, 0.2) is 47.0 Å². The summed E-state index contributed by atoms with van der Waals surface area (Å²) in [6, 6.07) is 9.40. The number of aryl methyl sites for hydroxylation is 1. The van der Waals surface area contributed by atoms with Crippen molar-refractivity contribution in [1.82, 2.24) is 4.98 Å². The molecule has 0 saturated carbocycles. The lowest BCUT2D eigenvalue weighted by Gasteiger charge is -2.12. The van der Waals surface area contributed by atoms with Gasteiger partial charge in [0.1, 0.15) is 5.82 Å². The second-order valence-corrected chi connectivity index (χ2v) is 6.24. The number of oxazole rings is 1. The van der Waals surface area contributed by atoms with Crippen LogP contribution in [0.5, 0.6) is 11.5 Å². The number of carbonyl (C=O) groups is 1. The summed E-state index contributed by atoms with van der Waals surface area (Å²) in [6.07, 6.45) is 1.81. The molecular formula is C20H18ClFN2O4. The lowest BCUT2D eigenvalue weighted by Crippen LogP contribution is -2.13. The zero-order valence-corrected chi connectivity index (χ0v) is 16.0. The van der Waals surface area contributed by atoms with Gasteiger partial charge in [0.2, 0.25) is 5.91 Å². The van der Waals surface area contributed by atoms with E-state index in [0.29, 0.717) is 39.4 Å². The van der Waals surface area contributed by atoms with Crippen LogP contribution in [0.25, 0.3) is 11.3 Å². The Bertz CT molecular complexity index is 990. The highest BCUT2D eigenvalue weighted by molar-refractivity contribution is 6.34. The van der Waals surface area contributed by atoms with Crippen LogP contribution in [0.1, 0.15) is 12.3 Å². The van der Waals surface area contributed by atoms with Crippen molar-refractivity contribution in [3.63, 3.8) is 0 Å². The third kappa shape index (κ3) is 4.43. The number of nitrogens with zero attached hydrogens (tertiary/aromatic N) is 1. The fourth-order valence-corrected chi connectivity index (χ4v) is 2.80. The highest BCUT2D eigenvalue weighted by Gasteiger charge is 2.14. The quantitative estimate of drug-likeness (QED) is 0.616. The molecule has 1 amide bonds. The van der Waals surface area contributed by atoms with Crippen molar-refractivity contribution in [1.29, 1.82) is 0 Å². The minimum atomic E-state index is -0.397. The minimum Gasteiger partial charge on any atom is -0.493 e. The smallest absolute Gasteiger partial charge is 0.224 e. The maximum Gasteiger partial charge on any atom is 0.224 e. The molecule has 0 aliphatic heterocycles. The SMILES string of the molecule is COc1cc(Cl)c(NC(=O)CCc2ncc(-c3ccccc3F)o2)cc1OC. The van der Waals surface area contributed by atoms with Crippen molar-refractivity contribution in [2.24, 2.45) is 0 Å². The van der Waals surface area contributed by atoms with Crippen molar-refractivity contribution in [2.75, 3.05) is 19.5 Å². The van der Waals surface area contributed by atoms with Crippen LogP contribution < -0.4 is 14.8 Å². The molecule has 0 saturated heterocycles. The monoisotopic (exact) mass is 404 g/mol. The highest BCUT2D eigenvalue weighted by atomic mass is 35.5. The highest BCUT2D eigenvalue weighted by Crippen LogP contribution is 2.36. The number of hydrogen-bond acceptors (Lipinski definition) is 5. The van der Waals surface area contributed by atoms with Crippen molar-refractivity contribution in [3.8, 4) is 22.8 Å². The van der Waals surface area contributed by atoms with E-state index < -0.39 is 5.82 Å². The van der Waals surface area contributed by atoms with Gasteiger partial charge < -0.3 is 19.2 Å². The van der Waals surface area contributed by atoms with E-state index >= 15 is 0 Å². The average molecular weight is 405 g/mol. The fraction of sp³-hybridized carbons (Fsp3) is 0.200. The Morgan fingerprint density at radius 3 is 2.64 bits per heavy atom. The molecule has 1 heterocycles. The summed E-state index contributed by atoms with van der Waals surface area (Å²) in [6.45, 7) is 0. The first kappa shape index (κ1) is 19.7. The first-order chi connectivity index (χ1) is 13.5. The maximum atomic E-state index is 13.8. The van der Waals surface area contributed by atoms with Crippen LogP contribution in [0.4, 0.5) is 10.1 Å². The Labute approximate surface area is 166 Å². The first-order valence-corrected chi connectivity index (χ1v) is 8.80. The van der Waals surface area contributed by atoms with Gasteiger partial charge in [-0.05, 0) is 12.1 Å². The predicted octanol–water partition coefficient (Wildman–Crippen LogP) is 4.72. The Balaban J connectivity index is 1.63. The molecule has 3 rings (SSSR count). The second-order valence-electron chi connectivity index (χ2n) is 5.83. The molecule has 0 radical (unpaired) electrons. The number of hydrogen-bond donors (Lipinski definition) is 1. The number of anilines is 1. The topological polar surface area (TPSA) is 73.6 Å². The van der Waals surface area contributed by atoms with Gasteiger partial charge in [0.25, 0.3) is 0 Å². The van der Waals surface area contributed by atoms with Gasteiger partial charge in [-0.25, -0.2) is 9.37 Å². The molecule has 0 aliphatic rings. The third-order valence-electron chi connectivity index (χ3n) is 4.01. The predicted molar refractivity (Wildman–Crippen MR) is 103 cm³/mol. The largest absolute Gasteiger partial charge is 0.493 e. The third-order valence-corrected chi connectivity index (χ3v) is 4.32. The molecule has 0 spiro atoms. The molecule has 3 aromatic rings. The van der Waals surface area contributed by atoms with E-state index in [0.717, 1.165) is 0 Å². The van der Waals surface area contributed by atoms with E-state index in [2.05, 4.69) is 10.3 Å². The summed E-state index contributed by atoms with van der Waals surface area (Å²) in [5, 5.41) is 3.04.